The van der Waals surface area contributed by atoms with Crippen molar-refractivity contribution in [3.05, 3.63) is 35.9 Å². The largest absolute Gasteiger partial charge is 0.390 e. The topological polar surface area (TPSA) is 35.5 Å². The van der Waals surface area contributed by atoms with Gasteiger partial charge in [0.2, 0.25) is 0 Å². The molecule has 2 N–H and O–H groups in total. The summed E-state index contributed by atoms with van der Waals surface area (Å²) >= 11 is 0. The van der Waals surface area contributed by atoms with Gasteiger partial charge in [-0.05, 0) is 81.4 Å². The van der Waals surface area contributed by atoms with E-state index >= 15 is 0 Å². The van der Waals surface area contributed by atoms with E-state index in [-0.39, 0.29) is 0 Å². The van der Waals surface area contributed by atoms with Gasteiger partial charge in [-0.15, -0.1) is 0 Å². The molecule has 2 saturated heterocycles. The predicted octanol–water partition coefficient (Wildman–Crippen LogP) is 3.08. The van der Waals surface area contributed by atoms with Gasteiger partial charge in [-0.3, -0.25) is 0 Å². The van der Waals surface area contributed by atoms with Gasteiger partial charge in [0.15, 0.2) is 0 Å². The lowest BCUT2D eigenvalue weighted by atomic mass is 9.85. The summed E-state index contributed by atoms with van der Waals surface area (Å²) < 4.78 is 0. The summed E-state index contributed by atoms with van der Waals surface area (Å²) in [4.78, 5) is 2.62. The third-order valence-corrected chi connectivity index (χ3v) is 6.85. The lowest BCUT2D eigenvalue weighted by Crippen LogP contribution is -2.46. The number of aliphatic hydroxyl groups is 1. The second-order valence-corrected chi connectivity index (χ2v) is 8.78. The van der Waals surface area contributed by atoms with Crippen LogP contribution in [0.15, 0.2) is 30.3 Å². The Bertz CT molecular complexity index is 534. The van der Waals surface area contributed by atoms with Crippen molar-refractivity contribution in [2.75, 3.05) is 32.7 Å². The highest BCUT2D eigenvalue weighted by atomic mass is 16.3. The first-order valence-electron chi connectivity index (χ1n) is 10.4. The molecule has 0 amide bonds. The molecule has 0 radical (unpaired) electrons. The average Bonchev–Trinajstić information content (AvgIpc) is 3.37. The molecule has 1 saturated carbocycles. The number of likely N-dealkylation sites (tertiary alicyclic amines) is 1. The zero-order chi connectivity index (χ0) is 17.1. The van der Waals surface area contributed by atoms with E-state index in [2.05, 4.69) is 40.5 Å². The first kappa shape index (κ1) is 17.5. The molecule has 4 rings (SSSR count). The van der Waals surface area contributed by atoms with Gasteiger partial charge in [0.1, 0.15) is 0 Å². The molecule has 0 spiro atoms. The number of nitrogens with one attached hydrogen (secondary N) is 1. The number of hydrogen-bond donors (Lipinski definition) is 2. The number of benzene rings is 1. The first-order chi connectivity index (χ1) is 12.2. The van der Waals surface area contributed by atoms with E-state index < -0.39 is 5.60 Å². The molecule has 2 atom stereocenters. The van der Waals surface area contributed by atoms with Gasteiger partial charge in [-0.1, -0.05) is 30.3 Å². The monoisotopic (exact) mass is 342 g/mol. The average molecular weight is 343 g/mol. The number of piperidine rings is 1. The maximum absolute atomic E-state index is 10.9. The molecule has 3 heteroatoms. The van der Waals surface area contributed by atoms with E-state index in [9.17, 15) is 5.11 Å². The molecule has 1 aliphatic carbocycles. The molecule has 3 fully saturated rings. The van der Waals surface area contributed by atoms with Gasteiger partial charge in [0, 0.05) is 19.6 Å². The van der Waals surface area contributed by atoms with Crippen LogP contribution in [0.4, 0.5) is 0 Å². The fourth-order valence-corrected chi connectivity index (χ4v) is 5.03. The zero-order valence-electron chi connectivity index (χ0n) is 15.5. The molecule has 0 aromatic heterocycles. The minimum Gasteiger partial charge on any atom is -0.390 e. The molecule has 2 aliphatic heterocycles. The van der Waals surface area contributed by atoms with E-state index in [1.165, 1.54) is 38.0 Å². The number of hydrogen-bond acceptors (Lipinski definition) is 3. The Labute approximate surface area is 152 Å². The minimum atomic E-state index is -0.422. The molecule has 25 heavy (non-hydrogen) atoms. The van der Waals surface area contributed by atoms with Crippen LogP contribution in [-0.2, 0) is 6.42 Å². The van der Waals surface area contributed by atoms with Crippen LogP contribution >= 0.6 is 0 Å². The van der Waals surface area contributed by atoms with Crippen LogP contribution in [0, 0.1) is 17.8 Å². The van der Waals surface area contributed by atoms with Crippen molar-refractivity contribution in [1.82, 2.24) is 10.2 Å². The Balaban J connectivity index is 1.19. The van der Waals surface area contributed by atoms with Gasteiger partial charge in [0.05, 0.1) is 5.60 Å². The number of aryl methyl sites for hydroxylation is 1. The van der Waals surface area contributed by atoms with E-state index in [4.69, 9.17) is 0 Å². The Morgan fingerprint density at radius 2 is 1.84 bits per heavy atom. The molecule has 3 aliphatic rings. The van der Waals surface area contributed by atoms with Crippen LogP contribution in [0.2, 0.25) is 0 Å². The zero-order valence-corrected chi connectivity index (χ0v) is 15.5. The summed E-state index contributed by atoms with van der Waals surface area (Å²) in [5.41, 5.74) is 0.970. The summed E-state index contributed by atoms with van der Waals surface area (Å²) in [6, 6.07) is 10.7. The Kier molecular flexibility index (Phi) is 5.44. The standard InChI is InChI=1S/C22H34N2O/c25-22(10-4-7-18-5-2-1-3-6-18)11-13-24(14-12-22)17-20-15-23-16-21(20)19-8-9-19/h1-3,5-6,19-21,23,25H,4,7-17H2. The molecule has 1 aromatic carbocycles. The summed E-state index contributed by atoms with van der Waals surface area (Å²) in [6.07, 6.45) is 7.96. The summed E-state index contributed by atoms with van der Waals surface area (Å²) in [7, 11) is 0. The third kappa shape index (κ3) is 4.64. The molecule has 2 heterocycles. The highest BCUT2D eigenvalue weighted by molar-refractivity contribution is 5.14. The second-order valence-electron chi connectivity index (χ2n) is 8.78. The predicted molar refractivity (Wildman–Crippen MR) is 103 cm³/mol. The third-order valence-electron chi connectivity index (χ3n) is 6.85. The normalized spacial score (nSPS) is 29.8. The fraction of sp³-hybridized carbons (Fsp3) is 0.727. The van der Waals surface area contributed by atoms with Crippen LogP contribution in [0.3, 0.4) is 0 Å². The number of rotatable bonds is 7. The van der Waals surface area contributed by atoms with E-state index in [1.807, 2.05) is 0 Å². The SMILES string of the molecule is OC1(CCCc2ccccc2)CCN(CC2CNCC2C2CC2)CC1. The lowest BCUT2D eigenvalue weighted by molar-refractivity contribution is -0.0322. The smallest absolute Gasteiger partial charge is 0.0672 e. The fourth-order valence-electron chi connectivity index (χ4n) is 5.03. The molecular formula is C22H34N2O. The maximum Gasteiger partial charge on any atom is 0.0672 e. The molecular weight excluding hydrogens is 308 g/mol. The Morgan fingerprint density at radius 1 is 1.08 bits per heavy atom. The molecule has 138 valence electrons. The van der Waals surface area contributed by atoms with Gasteiger partial charge < -0.3 is 15.3 Å². The van der Waals surface area contributed by atoms with Crippen molar-refractivity contribution in [2.24, 2.45) is 17.8 Å². The highest BCUT2D eigenvalue weighted by Crippen LogP contribution is 2.42. The van der Waals surface area contributed by atoms with E-state index in [0.717, 1.165) is 62.9 Å². The van der Waals surface area contributed by atoms with Crippen LogP contribution in [0.5, 0.6) is 0 Å². The van der Waals surface area contributed by atoms with Crippen molar-refractivity contribution in [1.29, 1.82) is 0 Å². The van der Waals surface area contributed by atoms with Gasteiger partial charge in [-0.2, -0.15) is 0 Å². The van der Waals surface area contributed by atoms with Crippen LogP contribution in [0.1, 0.15) is 44.1 Å². The van der Waals surface area contributed by atoms with Crippen LogP contribution < -0.4 is 5.32 Å². The van der Waals surface area contributed by atoms with Crippen LogP contribution in [-0.4, -0.2) is 48.3 Å². The quantitative estimate of drug-likeness (QED) is 0.799. The van der Waals surface area contributed by atoms with Crippen molar-refractivity contribution >= 4 is 0 Å². The lowest BCUT2D eigenvalue weighted by Gasteiger charge is -2.39. The molecule has 1 aromatic rings. The van der Waals surface area contributed by atoms with Crippen molar-refractivity contribution in [2.45, 2.75) is 50.5 Å². The minimum absolute atomic E-state index is 0.422. The van der Waals surface area contributed by atoms with Gasteiger partial charge in [0.25, 0.3) is 0 Å². The van der Waals surface area contributed by atoms with Crippen molar-refractivity contribution in [3.8, 4) is 0 Å². The van der Waals surface area contributed by atoms with Gasteiger partial charge >= 0.3 is 0 Å². The molecule has 3 nitrogen and oxygen atoms in total. The Hall–Kier alpha value is -0.900. The molecule has 0 bridgehead atoms. The van der Waals surface area contributed by atoms with Crippen LogP contribution in [0.25, 0.3) is 0 Å². The Morgan fingerprint density at radius 3 is 2.56 bits per heavy atom. The van der Waals surface area contributed by atoms with E-state index in [0.29, 0.717) is 0 Å². The number of nitrogens with zero attached hydrogens (tertiary/aromatic N) is 1. The summed E-state index contributed by atoms with van der Waals surface area (Å²) in [6.45, 7) is 5.85. The molecule has 2 unspecified atom stereocenters. The van der Waals surface area contributed by atoms with Crippen molar-refractivity contribution in [3.63, 3.8) is 0 Å². The highest BCUT2D eigenvalue weighted by Gasteiger charge is 2.40. The second kappa shape index (κ2) is 7.77. The van der Waals surface area contributed by atoms with Crippen molar-refractivity contribution < 1.29 is 5.11 Å². The van der Waals surface area contributed by atoms with E-state index in [1.54, 1.807) is 0 Å². The summed E-state index contributed by atoms with van der Waals surface area (Å²) in [5.74, 6) is 2.78. The van der Waals surface area contributed by atoms with Gasteiger partial charge in [-0.25, -0.2) is 0 Å². The maximum atomic E-state index is 10.9. The first-order valence-corrected chi connectivity index (χ1v) is 10.4. The summed E-state index contributed by atoms with van der Waals surface area (Å²) in [5, 5.41) is 14.6.